The van der Waals surface area contributed by atoms with Crippen LogP contribution in [0.15, 0.2) is 53.4 Å². The molecule has 0 radical (unpaired) electrons. The molecule has 2 unspecified atom stereocenters. The number of allylic oxidation sites excluding steroid dienone is 1. The largest absolute Gasteiger partial charge is 0.409 e. The van der Waals surface area contributed by atoms with Crippen LogP contribution in [0.3, 0.4) is 0 Å². The Morgan fingerprint density at radius 2 is 2.12 bits per heavy atom. The van der Waals surface area contributed by atoms with Crippen molar-refractivity contribution >= 4 is 43.1 Å². The van der Waals surface area contributed by atoms with E-state index in [-0.39, 0.29) is 6.04 Å². The highest BCUT2D eigenvalue weighted by Crippen LogP contribution is 2.30. The fourth-order valence-corrected chi connectivity index (χ4v) is 4.98. The molecular formula is C17H17BrN2O4S. The smallest absolute Gasteiger partial charge is 0.262 e. The highest BCUT2D eigenvalue weighted by Gasteiger charge is 2.38. The number of aldehydes is 1. The normalized spacial score (nSPS) is 19.5. The van der Waals surface area contributed by atoms with Gasteiger partial charge in [-0.25, -0.2) is 12.4 Å². The van der Waals surface area contributed by atoms with Crippen molar-refractivity contribution in [2.24, 2.45) is 0 Å². The summed E-state index contributed by atoms with van der Waals surface area (Å²) in [7, 11) is -3.93. The fraction of sp³-hybridized carbons (Fsp3) is 0.235. The van der Waals surface area contributed by atoms with Crippen LogP contribution < -0.4 is 0 Å². The predicted octanol–water partition coefficient (Wildman–Crippen LogP) is 3.45. The van der Waals surface area contributed by atoms with Crippen molar-refractivity contribution < 1.29 is 18.0 Å². The number of carbonyl (C=O) groups excluding carboxylic acids is 1. The van der Waals surface area contributed by atoms with Crippen LogP contribution >= 0.6 is 15.9 Å². The third-order valence-corrected chi connectivity index (χ3v) is 6.40. The fourth-order valence-electron chi connectivity index (χ4n) is 2.95. The molecule has 0 saturated carbocycles. The van der Waals surface area contributed by atoms with Crippen LogP contribution in [-0.4, -0.2) is 35.2 Å². The van der Waals surface area contributed by atoms with Crippen molar-refractivity contribution in [2.75, 3.05) is 0 Å². The van der Waals surface area contributed by atoms with Gasteiger partial charge in [0.2, 0.25) is 0 Å². The molecule has 1 aliphatic heterocycles. The summed E-state index contributed by atoms with van der Waals surface area (Å²) >= 11 is 3.34. The maximum absolute atomic E-state index is 13.3. The van der Waals surface area contributed by atoms with Crippen LogP contribution in [0.4, 0.5) is 0 Å². The lowest BCUT2D eigenvalue weighted by atomic mass is 10.2. The number of nitrogens with zero attached hydrogens (tertiary/aromatic N) is 2. The van der Waals surface area contributed by atoms with Gasteiger partial charge in [-0.3, -0.25) is 4.79 Å². The lowest BCUT2D eigenvalue weighted by Gasteiger charge is -2.27. The van der Waals surface area contributed by atoms with E-state index in [1.807, 2.05) is 13.0 Å². The van der Waals surface area contributed by atoms with Crippen molar-refractivity contribution in [3.8, 4) is 0 Å². The van der Waals surface area contributed by atoms with Crippen molar-refractivity contribution in [3.05, 3.63) is 58.9 Å². The van der Waals surface area contributed by atoms with Crippen molar-refractivity contribution in [1.29, 1.82) is 0 Å². The van der Waals surface area contributed by atoms with E-state index in [1.165, 1.54) is 17.3 Å². The Morgan fingerprint density at radius 3 is 2.68 bits per heavy atom. The number of hydroxylamine groups is 2. The van der Waals surface area contributed by atoms with Gasteiger partial charge in [0.25, 0.3) is 10.0 Å². The van der Waals surface area contributed by atoms with Gasteiger partial charge in [0, 0.05) is 21.6 Å². The number of rotatable bonds is 5. The number of fused-ring (bicyclic) bond motifs is 1. The number of halogens is 1. The van der Waals surface area contributed by atoms with E-state index in [2.05, 4.69) is 22.5 Å². The van der Waals surface area contributed by atoms with Gasteiger partial charge in [0.1, 0.15) is 5.76 Å². The molecule has 0 N–H and O–H groups in total. The second kappa shape index (κ2) is 6.44. The molecule has 2 heterocycles. The van der Waals surface area contributed by atoms with Crippen LogP contribution in [0.5, 0.6) is 0 Å². The number of carbonyl (C=O) groups is 1. The quantitative estimate of drug-likeness (QED) is 0.542. The molecule has 1 aliphatic rings. The highest BCUT2D eigenvalue weighted by molar-refractivity contribution is 9.10. The molecule has 0 fully saturated rings. The van der Waals surface area contributed by atoms with Gasteiger partial charge >= 0.3 is 0 Å². The SMILES string of the molecule is C=CC(N1OC(C)=CC1C)S(=O)(=O)n1cc(C=O)c2cc(Br)ccc21. The first-order valence-electron chi connectivity index (χ1n) is 7.57. The topological polar surface area (TPSA) is 68.6 Å². The summed E-state index contributed by atoms with van der Waals surface area (Å²) in [5, 5.41) is 0.832. The first-order valence-corrected chi connectivity index (χ1v) is 9.86. The zero-order valence-electron chi connectivity index (χ0n) is 13.7. The molecule has 0 amide bonds. The third-order valence-electron chi connectivity index (χ3n) is 4.05. The van der Waals surface area contributed by atoms with E-state index in [0.717, 1.165) is 8.45 Å². The molecule has 132 valence electrons. The summed E-state index contributed by atoms with van der Waals surface area (Å²) in [5.74, 6) is 0.629. The average Bonchev–Trinajstić information content (AvgIpc) is 3.07. The highest BCUT2D eigenvalue weighted by atomic mass is 79.9. The predicted molar refractivity (Wildman–Crippen MR) is 99.5 cm³/mol. The molecule has 0 bridgehead atoms. The second-order valence-corrected chi connectivity index (χ2v) is 8.62. The zero-order chi connectivity index (χ0) is 18.4. The molecule has 2 atom stereocenters. The number of hydrogen-bond acceptors (Lipinski definition) is 5. The van der Waals surface area contributed by atoms with Gasteiger partial charge in [0.15, 0.2) is 11.7 Å². The van der Waals surface area contributed by atoms with E-state index < -0.39 is 15.4 Å². The Balaban J connectivity index is 2.15. The Labute approximate surface area is 154 Å². The van der Waals surface area contributed by atoms with Gasteiger partial charge in [-0.05, 0) is 38.1 Å². The first-order chi connectivity index (χ1) is 11.8. The minimum Gasteiger partial charge on any atom is -0.409 e. The monoisotopic (exact) mass is 424 g/mol. The van der Waals surface area contributed by atoms with Gasteiger partial charge in [0.05, 0.1) is 11.6 Å². The maximum Gasteiger partial charge on any atom is 0.262 e. The second-order valence-electron chi connectivity index (χ2n) is 5.80. The summed E-state index contributed by atoms with van der Waals surface area (Å²) in [6.07, 6.45) is 5.12. The number of aromatic nitrogens is 1. The molecule has 3 rings (SSSR count). The summed E-state index contributed by atoms with van der Waals surface area (Å²) in [5.41, 5.74) is 0.723. The van der Waals surface area contributed by atoms with Gasteiger partial charge in [-0.2, -0.15) is 0 Å². The van der Waals surface area contributed by atoms with Crippen molar-refractivity contribution in [2.45, 2.75) is 25.3 Å². The van der Waals surface area contributed by atoms with Gasteiger partial charge in [-0.15, -0.1) is 11.6 Å². The van der Waals surface area contributed by atoms with E-state index in [4.69, 9.17) is 4.84 Å². The molecule has 6 nitrogen and oxygen atoms in total. The Kier molecular flexibility index (Phi) is 4.61. The molecular weight excluding hydrogens is 408 g/mol. The molecule has 2 aromatic rings. The van der Waals surface area contributed by atoms with Gasteiger partial charge < -0.3 is 4.84 Å². The van der Waals surface area contributed by atoms with Crippen molar-refractivity contribution in [3.63, 3.8) is 0 Å². The average molecular weight is 425 g/mol. The van der Waals surface area contributed by atoms with E-state index in [1.54, 1.807) is 25.1 Å². The number of benzene rings is 1. The lowest BCUT2D eigenvalue weighted by Crippen LogP contribution is -2.43. The van der Waals surface area contributed by atoms with Crippen LogP contribution in [0.2, 0.25) is 0 Å². The standard InChI is InChI=1S/C17H17BrN2O4S/c1-4-17(20-11(2)7-12(3)24-20)25(22,23)19-9-13(10-21)15-8-14(18)5-6-16(15)19/h4-11,17H,1H2,2-3H3. The van der Waals surface area contributed by atoms with E-state index >= 15 is 0 Å². The summed E-state index contributed by atoms with van der Waals surface area (Å²) in [4.78, 5) is 16.9. The molecule has 0 spiro atoms. The van der Waals surface area contributed by atoms with Crippen LogP contribution in [-0.2, 0) is 14.9 Å². The van der Waals surface area contributed by atoms with Gasteiger partial charge in [-0.1, -0.05) is 22.0 Å². The Morgan fingerprint density at radius 1 is 1.40 bits per heavy atom. The van der Waals surface area contributed by atoms with Crippen molar-refractivity contribution in [1.82, 2.24) is 9.04 Å². The summed E-state index contributed by atoms with van der Waals surface area (Å²) in [6, 6.07) is 4.88. The van der Waals surface area contributed by atoms with Crippen LogP contribution in [0, 0.1) is 0 Å². The first kappa shape index (κ1) is 17.9. The van der Waals surface area contributed by atoms with E-state index in [9.17, 15) is 13.2 Å². The molecule has 0 saturated heterocycles. The third kappa shape index (κ3) is 2.94. The van der Waals surface area contributed by atoms with Crippen LogP contribution in [0.25, 0.3) is 10.9 Å². The minimum absolute atomic E-state index is 0.223. The lowest BCUT2D eigenvalue weighted by molar-refractivity contribution is -0.114. The summed E-state index contributed by atoms with van der Waals surface area (Å²) < 4.78 is 28.4. The molecule has 1 aromatic heterocycles. The molecule has 1 aromatic carbocycles. The van der Waals surface area contributed by atoms with E-state index in [0.29, 0.717) is 28.5 Å². The maximum atomic E-state index is 13.3. The number of hydrogen-bond donors (Lipinski definition) is 0. The molecule has 25 heavy (non-hydrogen) atoms. The molecule has 8 heteroatoms. The minimum atomic E-state index is -3.93. The summed E-state index contributed by atoms with van der Waals surface area (Å²) in [6.45, 7) is 7.26. The molecule has 0 aliphatic carbocycles. The Hall–Kier alpha value is -1.90. The van der Waals surface area contributed by atoms with Crippen LogP contribution in [0.1, 0.15) is 24.2 Å². The Bertz CT molecular complexity index is 993. The zero-order valence-corrected chi connectivity index (χ0v) is 16.1.